The van der Waals surface area contributed by atoms with Crippen LogP contribution in [0.1, 0.15) is 34.5 Å². The molecule has 0 radical (unpaired) electrons. The molecule has 1 saturated heterocycles. The SMILES string of the molecule is C=CCc1c([C@H]2O[C@@H](c3ccc(C)cc3)[C@@H]2Br)ccc(OC)c1OC. The maximum absolute atomic E-state index is 6.25. The molecule has 3 rings (SSSR count). The molecule has 0 N–H and O–H groups in total. The van der Waals surface area contributed by atoms with Crippen molar-refractivity contribution in [1.29, 1.82) is 0 Å². The Labute approximate surface area is 157 Å². The van der Waals surface area contributed by atoms with Gasteiger partial charge in [0.1, 0.15) is 0 Å². The summed E-state index contributed by atoms with van der Waals surface area (Å²) in [5.74, 6) is 1.48. The maximum atomic E-state index is 6.25. The Balaban J connectivity index is 1.90. The topological polar surface area (TPSA) is 27.7 Å². The van der Waals surface area contributed by atoms with E-state index < -0.39 is 0 Å². The highest BCUT2D eigenvalue weighted by Crippen LogP contribution is 2.51. The standard InChI is InChI=1S/C21H23BrO3/c1-5-6-15-16(11-12-17(23-3)20(15)24-4)21-18(22)19(25-21)14-9-7-13(2)8-10-14/h5,7-12,18-19,21H,1,6H2,2-4H3/t18-,19-,21+/m0/s1. The van der Waals surface area contributed by atoms with Gasteiger partial charge in [-0.2, -0.15) is 0 Å². The van der Waals surface area contributed by atoms with E-state index in [4.69, 9.17) is 14.2 Å². The molecule has 0 saturated carbocycles. The summed E-state index contributed by atoms with van der Waals surface area (Å²) in [4.78, 5) is 0.205. The van der Waals surface area contributed by atoms with Gasteiger partial charge >= 0.3 is 0 Å². The fourth-order valence-electron chi connectivity index (χ4n) is 3.27. The third-order valence-corrected chi connectivity index (χ3v) is 5.58. The quantitative estimate of drug-likeness (QED) is 0.483. The summed E-state index contributed by atoms with van der Waals surface area (Å²) in [5.41, 5.74) is 4.62. The zero-order chi connectivity index (χ0) is 18.0. The molecule has 1 fully saturated rings. The largest absolute Gasteiger partial charge is 0.493 e. The first-order valence-electron chi connectivity index (χ1n) is 8.31. The third-order valence-electron chi connectivity index (χ3n) is 4.62. The fourth-order valence-corrected chi connectivity index (χ4v) is 4.11. The lowest BCUT2D eigenvalue weighted by Crippen LogP contribution is -2.37. The average molecular weight is 403 g/mol. The molecule has 1 aliphatic rings. The van der Waals surface area contributed by atoms with Gasteiger partial charge < -0.3 is 14.2 Å². The van der Waals surface area contributed by atoms with E-state index in [1.54, 1.807) is 14.2 Å². The monoisotopic (exact) mass is 402 g/mol. The lowest BCUT2D eigenvalue weighted by molar-refractivity contribution is -0.119. The summed E-state index contributed by atoms with van der Waals surface area (Å²) in [6.07, 6.45) is 2.60. The molecule has 1 heterocycles. The van der Waals surface area contributed by atoms with Crippen molar-refractivity contribution in [3.05, 3.63) is 71.3 Å². The highest BCUT2D eigenvalue weighted by atomic mass is 79.9. The van der Waals surface area contributed by atoms with Gasteiger partial charge in [-0.15, -0.1) is 6.58 Å². The van der Waals surface area contributed by atoms with Crippen molar-refractivity contribution >= 4 is 15.9 Å². The number of hydrogen-bond acceptors (Lipinski definition) is 3. The fraction of sp³-hybridized carbons (Fsp3) is 0.333. The Bertz CT molecular complexity index is 754. The lowest BCUT2D eigenvalue weighted by Gasteiger charge is -2.43. The van der Waals surface area contributed by atoms with Crippen molar-refractivity contribution in [1.82, 2.24) is 0 Å². The van der Waals surface area contributed by atoms with Crippen LogP contribution in [0, 0.1) is 6.92 Å². The second kappa shape index (κ2) is 7.63. The Morgan fingerprint density at radius 3 is 2.36 bits per heavy atom. The molecule has 0 spiro atoms. The number of aryl methyl sites for hydroxylation is 1. The van der Waals surface area contributed by atoms with Crippen LogP contribution in [0.25, 0.3) is 0 Å². The minimum atomic E-state index is -0.0268. The summed E-state index contributed by atoms with van der Waals surface area (Å²) in [7, 11) is 3.31. The first-order chi connectivity index (χ1) is 12.1. The average Bonchev–Trinajstić information content (AvgIpc) is 2.63. The highest BCUT2D eigenvalue weighted by Gasteiger charge is 2.43. The van der Waals surface area contributed by atoms with E-state index in [1.165, 1.54) is 11.1 Å². The first-order valence-corrected chi connectivity index (χ1v) is 9.23. The number of halogens is 1. The minimum Gasteiger partial charge on any atom is -0.493 e. The molecule has 2 aromatic carbocycles. The normalized spacial score (nSPS) is 22.2. The van der Waals surface area contributed by atoms with Crippen molar-refractivity contribution in [3.8, 4) is 11.5 Å². The predicted octanol–water partition coefficient (Wildman–Crippen LogP) is 5.32. The number of ether oxygens (including phenoxy) is 3. The summed E-state index contributed by atoms with van der Waals surface area (Å²) in [6, 6.07) is 12.5. The van der Waals surface area contributed by atoms with Gasteiger partial charge in [-0.3, -0.25) is 0 Å². The van der Waals surface area contributed by atoms with Gasteiger partial charge in [0, 0.05) is 5.56 Å². The first kappa shape index (κ1) is 18.0. The van der Waals surface area contributed by atoms with Gasteiger partial charge in [-0.1, -0.05) is 57.9 Å². The maximum Gasteiger partial charge on any atom is 0.164 e. The van der Waals surface area contributed by atoms with E-state index in [-0.39, 0.29) is 17.0 Å². The number of alkyl halides is 1. The van der Waals surface area contributed by atoms with Crippen molar-refractivity contribution in [3.63, 3.8) is 0 Å². The summed E-state index contributed by atoms with van der Waals surface area (Å²) in [6.45, 7) is 5.96. The number of benzene rings is 2. The smallest absolute Gasteiger partial charge is 0.164 e. The molecule has 1 aliphatic heterocycles. The summed E-state index contributed by atoms with van der Waals surface area (Å²) >= 11 is 3.83. The number of hydrogen-bond donors (Lipinski definition) is 0. The van der Waals surface area contributed by atoms with E-state index >= 15 is 0 Å². The Kier molecular flexibility index (Phi) is 5.50. The zero-order valence-corrected chi connectivity index (χ0v) is 16.4. The number of rotatable bonds is 6. The molecule has 3 atom stereocenters. The predicted molar refractivity (Wildman–Crippen MR) is 104 cm³/mol. The van der Waals surface area contributed by atoms with Crippen molar-refractivity contribution in [2.45, 2.75) is 30.4 Å². The molecule has 25 heavy (non-hydrogen) atoms. The third kappa shape index (κ3) is 3.33. The summed E-state index contributed by atoms with van der Waals surface area (Å²) < 4.78 is 17.3. The van der Waals surface area contributed by atoms with Crippen LogP contribution < -0.4 is 9.47 Å². The number of allylic oxidation sites excluding steroid dienone is 1. The van der Waals surface area contributed by atoms with Crippen molar-refractivity contribution in [2.75, 3.05) is 14.2 Å². The van der Waals surface area contributed by atoms with E-state index in [1.807, 2.05) is 12.1 Å². The van der Waals surface area contributed by atoms with Crippen LogP contribution in [0.3, 0.4) is 0 Å². The van der Waals surface area contributed by atoms with Crippen LogP contribution in [0.2, 0.25) is 0 Å². The minimum absolute atomic E-state index is 0.0268. The molecule has 0 amide bonds. The number of methoxy groups -OCH3 is 2. The highest BCUT2D eigenvalue weighted by molar-refractivity contribution is 9.09. The van der Waals surface area contributed by atoms with Crippen LogP contribution in [0.5, 0.6) is 11.5 Å². The van der Waals surface area contributed by atoms with Gasteiger partial charge in [0.25, 0.3) is 0 Å². The Hall–Kier alpha value is -1.78. The van der Waals surface area contributed by atoms with Gasteiger partial charge in [0.05, 0.1) is 31.3 Å². The lowest BCUT2D eigenvalue weighted by atomic mass is 9.88. The molecule has 0 unspecified atom stereocenters. The second-order valence-electron chi connectivity index (χ2n) is 6.19. The molecule has 3 nitrogen and oxygen atoms in total. The molecule has 2 aromatic rings. The van der Waals surface area contributed by atoms with Crippen molar-refractivity contribution in [2.24, 2.45) is 0 Å². The molecule has 0 aromatic heterocycles. The van der Waals surface area contributed by atoms with Crippen molar-refractivity contribution < 1.29 is 14.2 Å². The van der Waals surface area contributed by atoms with Crippen LogP contribution >= 0.6 is 15.9 Å². The van der Waals surface area contributed by atoms with Crippen LogP contribution in [-0.2, 0) is 11.2 Å². The van der Waals surface area contributed by atoms with Crippen LogP contribution in [-0.4, -0.2) is 19.0 Å². The molecular weight excluding hydrogens is 380 g/mol. The van der Waals surface area contributed by atoms with Gasteiger partial charge in [0.2, 0.25) is 0 Å². The Morgan fingerprint density at radius 2 is 1.80 bits per heavy atom. The van der Waals surface area contributed by atoms with E-state index in [0.29, 0.717) is 6.42 Å². The molecule has 132 valence electrons. The van der Waals surface area contributed by atoms with E-state index in [9.17, 15) is 0 Å². The van der Waals surface area contributed by atoms with Gasteiger partial charge in [-0.05, 0) is 30.5 Å². The van der Waals surface area contributed by atoms with Crippen LogP contribution in [0.15, 0.2) is 49.1 Å². The van der Waals surface area contributed by atoms with Gasteiger partial charge in [0.15, 0.2) is 11.5 Å². The molecule has 0 aliphatic carbocycles. The second-order valence-corrected chi connectivity index (χ2v) is 7.25. The zero-order valence-electron chi connectivity index (χ0n) is 14.8. The molecular formula is C21H23BrO3. The molecule has 0 bridgehead atoms. The van der Waals surface area contributed by atoms with Gasteiger partial charge in [-0.25, -0.2) is 0 Å². The van der Waals surface area contributed by atoms with Crippen LogP contribution in [0.4, 0.5) is 0 Å². The Morgan fingerprint density at radius 1 is 1.08 bits per heavy atom. The molecule has 4 heteroatoms. The van der Waals surface area contributed by atoms with E-state index in [0.717, 1.165) is 22.6 Å². The summed E-state index contributed by atoms with van der Waals surface area (Å²) in [5, 5.41) is 0. The van der Waals surface area contributed by atoms with E-state index in [2.05, 4.69) is 59.8 Å².